The van der Waals surface area contributed by atoms with E-state index in [1.54, 1.807) is 30.3 Å². The molecule has 3 nitrogen and oxygen atoms in total. The van der Waals surface area contributed by atoms with Crippen LogP contribution >= 0.6 is 23.2 Å². The Kier molecular flexibility index (Phi) is 4.32. The molecule has 2 aromatic rings. The molecule has 0 aliphatic rings. The van der Waals surface area contributed by atoms with Gasteiger partial charge in [-0.2, -0.15) is 0 Å². The summed E-state index contributed by atoms with van der Waals surface area (Å²) >= 11 is 10.8. The van der Waals surface area contributed by atoms with Crippen LogP contribution in [0.3, 0.4) is 0 Å². The van der Waals surface area contributed by atoms with E-state index in [4.69, 9.17) is 23.2 Å². The van der Waals surface area contributed by atoms with Crippen molar-refractivity contribution in [2.75, 3.05) is 0 Å². The monoisotopic (exact) mass is 306 g/mol. The van der Waals surface area contributed by atoms with Crippen LogP contribution in [-0.4, -0.2) is 16.3 Å². The lowest BCUT2D eigenvalue weighted by Gasteiger charge is -2.05. The smallest absolute Gasteiger partial charge is 0.253 e. The van der Waals surface area contributed by atoms with Crippen LogP contribution < -0.4 is 0 Å². The summed E-state index contributed by atoms with van der Waals surface area (Å²) in [5.41, 5.74) is 0.650. The van der Waals surface area contributed by atoms with Crippen molar-refractivity contribution in [3.63, 3.8) is 0 Å². The lowest BCUT2D eigenvalue weighted by molar-refractivity contribution is 0.103. The Balaban J connectivity index is 2.49. The molecule has 0 N–H and O–H groups in total. The Hall–Kier alpha value is -1.97. The molecule has 0 fully saturated rings. The average molecular weight is 307 g/mol. The van der Waals surface area contributed by atoms with Crippen molar-refractivity contribution in [1.29, 1.82) is 0 Å². The van der Waals surface area contributed by atoms with Gasteiger partial charge in [0.25, 0.3) is 10.5 Å². The normalized spacial score (nSPS) is 10.1. The number of hydrogen-bond donors (Lipinski definition) is 0. The third-order valence-corrected chi connectivity index (χ3v) is 3.15. The van der Waals surface area contributed by atoms with Crippen molar-refractivity contribution in [1.82, 2.24) is 0 Å². The molecule has 0 atom stereocenters. The first kappa shape index (κ1) is 14.4. The first-order valence-electron chi connectivity index (χ1n) is 5.64. The second kappa shape index (κ2) is 5.99. The molecular weight excluding hydrogens is 299 g/mol. The van der Waals surface area contributed by atoms with E-state index < -0.39 is 10.5 Å². The highest BCUT2D eigenvalue weighted by Gasteiger charge is 2.17. The van der Waals surface area contributed by atoms with E-state index >= 15 is 0 Å². The molecule has 0 amide bonds. The summed E-state index contributed by atoms with van der Waals surface area (Å²) in [6.07, 6.45) is 0. The summed E-state index contributed by atoms with van der Waals surface area (Å²) in [4.78, 5) is 34.7. The molecule has 2 rings (SSSR count). The van der Waals surface area contributed by atoms with E-state index in [0.29, 0.717) is 5.56 Å². The molecule has 0 aliphatic carbocycles. The molecule has 2 aromatic carbocycles. The Labute approximate surface area is 125 Å². The van der Waals surface area contributed by atoms with Crippen molar-refractivity contribution in [2.24, 2.45) is 0 Å². The molecule has 100 valence electrons. The molecule has 0 heterocycles. The Morgan fingerprint density at radius 2 is 1.30 bits per heavy atom. The van der Waals surface area contributed by atoms with Crippen LogP contribution in [0, 0.1) is 0 Å². The van der Waals surface area contributed by atoms with Gasteiger partial charge in [-0.1, -0.05) is 36.4 Å². The predicted molar refractivity (Wildman–Crippen MR) is 76.7 cm³/mol. The summed E-state index contributed by atoms with van der Waals surface area (Å²) in [5, 5.41) is -1.63. The van der Waals surface area contributed by atoms with Crippen molar-refractivity contribution in [2.45, 2.75) is 0 Å². The second-order valence-electron chi connectivity index (χ2n) is 4.00. The van der Waals surface area contributed by atoms with Crippen molar-refractivity contribution < 1.29 is 14.4 Å². The fraction of sp³-hybridized carbons (Fsp3) is 0. The van der Waals surface area contributed by atoms with Crippen LogP contribution in [0.15, 0.2) is 48.5 Å². The number of halogens is 2. The third kappa shape index (κ3) is 2.95. The van der Waals surface area contributed by atoms with Crippen molar-refractivity contribution in [3.05, 3.63) is 70.8 Å². The maximum absolute atomic E-state index is 12.2. The van der Waals surface area contributed by atoms with Crippen LogP contribution in [0.5, 0.6) is 0 Å². The molecule has 0 bridgehead atoms. The van der Waals surface area contributed by atoms with Gasteiger partial charge in [-0.3, -0.25) is 14.4 Å². The topological polar surface area (TPSA) is 51.2 Å². The largest absolute Gasteiger partial charge is 0.289 e. The maximum atomic E-state index is 12.2. The van der Waals surface area contributed by atoms with E-state index in [2.05, 4.69) is 0 Å². The van der Waals surface area contributed by atoms with Gasteiger partial charge >= 0.3 is 0 Å². The Morgan fingerprint density at radius 1 is 0.700 bits per heavy atom. The SMILES string of the molecule is O=C(c1ccccc1)c1ccc(C(=O)Cl)c(C(=O)Cl)c1. The molecule has 0 unspecified atom stereocenters. The third-order valence-electron chi connectivity index (χ3n) is 2.74. The highest BCUT2D eigenvalue weighted by molar-refractivity contribution is 6.72. The van der Waals surface area contributed by atoms with Crippen LogP contribution in [0.4, 0.5) is 0 Å². The standard InChI is InChI=1S/C15H8Cl2O3/c16-14(19)11-7-6-10(8-12(11)15(17)20)13(18)9-4-2-1-3-5-9/h1-8H. The highest BCUT2D eigenvalue weighted by Crippen LogP contribution is 2.19. The second-order valence-corrected chi connectivity index (χ2v) is 4.69. The number of rotatable bonds is 4. The summed E-state index contributed by atoms with van der Waals surface area (Å²) in [5.74, 6) is -0.265. The van der Waals surface area contributed by atoms with Crippen LogP contribution in [0.2, 0.25) is 0 Å². The molecule has 0 saturated carbocycles. The highest BCUT2D eigenvalue weighted by atomic mass is 35.5. The number of ketones is 1. The molecule has 0 saturated heterocycles. The molecule has 0 spiro atoms. The summed E-state index contributed by atoms with van der Waals surface area (Å²) in [7, 11) is 0. The van der Waals surface area contributed by atoms with E-state index in [-0.39, 0.29) is 22.5 Å². The summed E-state index contributed by atoms with van der Waals surface area (Å²) in [6.45, 7) is 0. The van der Waals surface area contributed by atoms with Crippen LogP contribution in [0.1, 0.15) is 36.6 Å². The lowest BCUT2D eigenvalue weighted by atomic mass is 9.99. The zero-order valence-electron chi connectivity index (χ0n) is 10.1. The minimum atomic E-state index is -0.836. The molecule has 5 heteroatoms. The van der Waals surface area contributed by atoms with E-state index in [1.165, 1.54) is 18.2 Å². The van der Waals surface area contributed by atoms with E-state index in [1.807, 2.05) is 0 Å². The first-order valence-corrected chi connectivity index (χ1v) is 6.39. The minimum Gasteiger partial charge on any atom is -0.289 e. The molecular formula is C15H8Cl2O3. The summed E-state index contributed by atoms with van der Waals surface area (Å²) in [6, 6.07) is 12.6. The van der Waals surface area contributed by atoms with Crippen molar-refractivity contribution >= 4 is 39.5 Å². The van der Waals surface area contributed by atoms with E-state index in [9.17, 15) is 14.4 Å². The molecule has 0 aromatic heterocycles. The average Bonchev–Trinajstić information content (AvgIpc) is 2.46. The zero-order chi connectivity index (χ0) is 14.7. The van der Waals surface area contributed by atoms with Gasteiger partial charge in [0.15, 0.2) is 5.78 Å². The van der Waals surface area contributed by atoms with Gasteiger partial charge in [0, 0.05) is 22.3 Å². The fourth-order valence-electron chi connectivity index (χ4n) is 1.78. The fourth-order valence-corrected chi connectivity index (χ4v) is 2.10. The van der Waals surface area contributed by atoms with Crippen LogP contribution in [0.25, 0.3) is 0 Å². The van der Waals surface area contributed by atoms with Gasteiger partial charge in [0.05, 0.1) is 0 Å². The van der Waals surface area contributed by atoms with Gasteiger partial charge in [-0.15, -0.1) is 0 Å². The Bertz CT molecular complexity index is 694. The van der Waals surface area contributed by atoms with Gasteiger partial charge in [0.2, 0.25) is 0 Å². The number of carbonyl (C=O) groups excluding carboxylic acids is 3. The van der Waals surface area contributed by atoms with Gasteiger partial charge < -0.3 is 0 Å². The first-order chi connectivity index (χ1) is 9.50. The predicted octanol–water partition coefficient (Wildman–Crippen LogP) is 3.68. The quantitative estimate of drug-likeness (QED) is 0.639. The summed E-state index contributed by atoms with van der Waals surface area (Å²) < 4.78 is 0. The van der Waals surface area contributed by atoms with Gasteiger partial charge in [0.1, 0.15) is 0 Å². The van der Waals surface area contributed by atoms with Crippen LogP contribution in [-0.2, 0) is 0 Å². The zero-order valence-corrected chi connectivity index (χ0v) is 11.6. The minimum absolute atomic E-state index is 0.0173. The molecule has 0 aliphatic heterocycles. The maximum Gasteiger partial charge on any atom is 0.253 e. The van der Waals surface area contributed by atoms with Gasteiger partial charge in [-0.25, -0.2) is 0 Å². The number of benzene rings is 2. The lowest BCUT2D eigenvalue weighted by Crippen LogP contribution is -2.06. The van der Waals surface area contributed by atoms with Gasteiger partial charge in [-0.05, 0) is 35.3 Å². The Morgan fingerprint density at radius 3 is 1.85 bits per heavy atom. The molecule has 0 radical (unpaired) electrons. The van der Waals surface area contributed by atoms with E-state index in [0.717, 1.165) is 0 Å². The molecule has 20 heavy (non-hydrogen) atoms. The number of hydrogen-bond acceptors (Lipinski definition) is 3. The van der Waals surface area contributed by atoms with Crippen molar-refractivity contribution in [3.8, 4) is 0 Å². The number of carbonyl (C=O) groups is 3.